The van der Waals surface area contributed by atoms with Gasteiger partial charge < -0.3 is 12.9 Å². The molecule has 72 valence electrons. The molecule has 0 unspecified atom stereocenters. The van der Waals surface area contributed by atoms with E-state index in [1.54, 1.807) is 6.07 Å². The first-order valence-electron chi connectivity index (χ1n) is 3.80. The molecule has 0 atom stereocenters. The Morgan fingerprint density at radius 2 is 2.00 bits per heavy atom. The number of nitrogens with zero attached hydrogens (tertiary/aromatic N) is 1. The number of halogens is 4. The van der Waals surface area contributed by atoms with Crippen molar-refractivity contribution in [2.75, 3.05) is 0 Å². The molecule has 0 saturated carbocycles. The van der Waals surface area contributed by atoms with Crippen molar-refractivity contribution in [3.05, 3.63) is 29.0 Å². The van der Waals surface area contributed by atoms with Gasteiger partial charge in [-0.25, -0.2) is 4.98 Å². The van der Waals surface area contributed by atoms with Crippen molar-refractivity contribution in [3.8, 4) is 0 Å². The second kappa shape index (κ2) is 4.00. The first-order valence-corrected chi connectivity index (χ1v) is 4.17. The van der Waals surface area contributed by atoms with Crippen LogP contribution in [-0.4, -0.2) is 12.0 Å². The average molecular weight is 208 g/mol. The summed E-state index contributed by atoms with van der Waals surface area (Å²) >= 11 is 5.51. The van der Waals surface area contributed by atoms with Crippen LogP contribution in [0.3, 0.4) is 0 Å². The van der Waals surface area contributed by atoms with Crippen molar-refractivity contribution >= 4 is 18.6 Å². The number of aromatic nitrogens is 1. The Kier molecular flexibility index (Phi) is 3.19. The van der Waals surface area contributed by atoms with Crippen LogP contribution >= 0.6 is 11.6 Å². The molecule has 1 nitrogen and oxygen atoms in total. The summed E-state index contributed by atoms with van der Waals surface area (Å²) in [5.41, 5.74) is 0.381. The third-order valence-corrected chi connectivity index (χ3v) is 1.71. The maximum absolute atomic E-state index is 11.8. The highest BCUT2D eigenvalue weighted by Crippen LogP contribution is 2.17. The zero-order chi connectivity index (χ0) is 9.90. The smallest absolute Gasteiger partial charge is 0.449 e. The zero-order valence-electron chi connectivity index (χ0n) is 6.68. The van der Waals surface area contributed by atoms with E-state index in [2.05, 4.69) is 4.98 Å². The van der Waals surface area contributed by atoms with E-state index in [1.165, 1.54) is 12.1 Å². The average Bonchev–Trinajstić information content (AvgIpc) is 2.00. The number of rotatable bonds is 3. The van der Waals surface area contributed by atoms with E-state index in [1.807, 2.05) is 0 Å². The molecule has 0 bridgehead atoms. The Hall–Kier alpha value is -0.705. The minimum absolute atomic E-state index is 0.0932. The highest BCUT2D eigenvalue weighted by atomic mass is 35.5. The summed E-state index contributed by atoms with van der Waals surface area (Å²) in [6, 6.07) is 4.66. The van der Waals surface area contributed by atoms with Crippen LogP contribution < -0.4 is 0 Å². The van der Waals surface area contributed by atoms with Gasteiger partial charge in [-0.2, -0.15) is 0 Å². The lowest BCUT2D eigenvalue weighted by atomic mass is 9.83. The standard InChI is InChI=1S/C7H7BClF3N/c9-7-3-1-2-6(13-7)4-5-8(10,11)12/h1-3H,4-5H2/q-1. The highest BCUT2D eigenvalue weighted by molar-refractivity contribution is 6.58. The summed E-state index contributed by atoms with van der Waals surface area (Å²) < 4.78 is 35.5. The largest absolute Gasteiger partial charge is 0.478 e. The normalized spacial score (nSPS) is 11.7. The molecule has 6 heteroatoms. The molecule has 0 aliphatic heterocycles. The van der Waals surface area contributed by atoms with Gasteiger partial charge in [-0.3, -0.25) is 0 Å². The van der Waals surface area contributed by atoms with E-state index >= 15 is 0 Å². The second-order valence-corrected chi connectivity index (χ2v) is 3.09. The maximum atomic E-state index is 11.8. The van der Waals surface area contributed by atoms with Gasteiger partial charge in [0.15, 0.2) is 0 Å². The zero-order valence-corrected chi connectivity index (χ0v) is 7.44. The molecule has 1 aromatic rings. The third kappa shape index (κ3) is 4.17. The summed E-state index contributed by atoms with van der Waals surface area (Å²) in [5.74, 6) is 0. The van der Waals surface area contributed by atoms with Crippen LogP contribution in [-0.2, 0) is 6.42 Å². The Morgan fingerprint density at radius 3 is 2.54 bits per heavy atom. The van der Waals surface area contributed by atoms with Crippen LogP contribution in [0.1, 0.15) is 5.69 Å². The van der Waals surface area contributed by atoms with E-state index in [0.29, 0.717) is 5.69 Å². The number of aryl methyl sites for hydroxylation is 1. The van der Waals surface area contributed by atoms with Gasteiger partial charge >= 0.3 is 6.98 Å². The van der Waals surface area contributed by atoms with E-state index < -0.39 is 13.3 Å². The maximum Gasteiger partial charge on any atom is 0.478 e. The number of hydrogen-bond donors (Lipinski definition) is 0. The predicted octanol–water partition coefficient (Wildman–Crippen LogP) is 3.12. The van der Waals surface area contributed by atoms with Gasteiger partial charge in [-0.15, -0.1) is 0 Å². The van der Waals surface area contributed by atoms with Crippen molar-refractivity contribution in [2.24, 2.45) is 0 Å². The number of hydrogen-bond acceptors (Lipinski definition) is 1. The van der Waals surface area contributed by atoms with Gasteiger partial charge in [0.25, 0.3) is 0 Å². The van der Waals surface area contributed by atoms with Crippen molar-refractivity contribution in [1.29, 1.82) is 0 Å². The first-order chi connectivity index (χ1) is 5.97. The summed E-state index contributed by atoms with van der Waals surface area (Å²) in [6.45, 7) is -4.72. The quantitative estimate of drug-likeness (QED) is 0.549. The molecule has 1 heterocycles. The van der Waals surface area contributed by atoms with Gasteiger partial charge in [0.2, 0.25) is 0 Å². The Morgan fingerprint density at radius 1 is 1.31 bits per heavy atom. The summed E-state index contributed by atoms with van der Waals surface area (Å²) in [5, 5.41) is 0.229. The first kappa shape index (κ1) is 10.4. The molecule has 0 spiro atoms. The predicted molar refractivity (Wildman–Crippen MR) is 46.8 cm³/mol. The van der Waals surface area contributed by atoms with Crippen LogP contribution in [0.5, 0.6) is 0 Å². The molecule has 0 aliphatic rings. The van der Waals surface area contributed by atoms with Crippen molar-refractivity contribution in [1.82, 2.24) is 4.98 Å². The molecular formula is C7H7BClF3N-. The monoisotopic (exact) mass is 208 g/mol. The van der Waals surface area contributed by atoms with E-state index in [4.69, 9.17) is 11.6 Å². The Balaban J connectivity index is 2.55. The third-order valence-electron chi connectivity index (χ3n) is 1.50. The van der Waals surface area contributed by atoms with Gasteiger partial charge in [-0.1, -0.05) is 24.0 Å². The van der Waals surface area contributed by atoms with Crippen LogP contribution in [0.15, 0.2) is 18.2 Å². The molecular weight excluding hydrogens is 201 g/mol. The molecule has 0 aromatic carbocycles. The van der Waals surface area contributed by atoms with Crippen LogP contribution in [0.4, 0.5) is 12.9 Å². The molecule has 1 rings (SSSR count). The second-order valence-electron chi connectivity index (χ2n) is 2.70. The van der Waals surface area contributed by atoms with Gasteiger partial charge in [0, 0.05) is 5.69 Å². The van der Waals surface area contributed by atoms with E-state index in [0.717, 1.165) is 0 Å². The topological polar surface area (TPSA) is 12.9 Å². The summed E-state index contributed by atoms with van der Waals surface area (Å²) in [6.07, 6.45) is -0.891. The van der Waals surface area contributed by atoms with E-state index in [9.17, 15) is 12.9 Å². The lowest BCUT2D eigenvalue weighted by Gasteiger charge is -2.12. The summed E-state index contributed by atoms with van der Waals surface area (Å²) in [7, 11) is 0. The summed E-state index contributed by atoms with van der Waals surface area (Å²) in [4.78, 5) is 3.75. The van der Waals surface area contributed by atoms with Gasteiger partial charge in [-0.05, 0) is 18.6 Å². The molecule has 0 amide bonds. The van der Waals surface area contributed by atoms with Crippen molar-refractivity contribution < 1.29 is 12.9 Å². The molecule has 0 radical (unpaired) electrons. The lowest BCUT2D eigenvalue weighted by molar-refractivity contribution is 0.467. The van der Waals surface area contributed by atoms with Crippen molar-refractivity contribution in [2.45, 2.75) is 12.7 Å². The van der Waals surface area contributed by atoms with Gasteiger partial charge in [0.1, 0.15) is 5.15 Å². The Bertz CT molecular complexity index is 289. The molecule has 0 fully saturated rings. The van der Waals surface area contributed by atoms with Gasteiger partial charge in [0.05, 0.1) is 0 Å². The molecule has 1 aromatic heterocycles. The lowest BCUT2D eigenvalue weighted by Crippen LogP contribution is -2.15. The molecule has 0 N–H and O–H groups in total. The fourth-order valence-corrected chi connectivity index (χ4v) is 1.08. The number of pyridine rings is 1. The van der Waals surface area contributed by atoms with Crippen LogP contribution in [0, 0.1) is 0 Å². The SMILES string of the molecule is F[B-](F)(F)CCc1cccc(Cl)n1. The minimum atomic E-state index is -4.72. The molecule has 0 aliphatic carbocycles. The molecule has 0 saturated heterocycles. The van der Waals surface area contributed by atoms with Crippen LogP contribution in [0.25, 0.3) is 0 Å². The van der Waals surface area contributed by atoms with Crippen molar-refractivity contribution in [3.63, 3.8) is 0 Å². The fourth-order valence-electron chi connectivity index (χ4n) is 0.901. The Labute approximate surface area is 79.0 Å². The minimum Gasteiger partial charge on any atom is -0.449 e. The van der Waals surface area contributed by atoms with E-state index in [-0.39, 0.29) is 11.6 Å². The fraction of sp³-hybridized carbons (Fsp3) is 0.286. The van der Waals surface area contributed by atoms with Crippen LogP contribution in [0.2, 0.25) is 11.5 Å². The highest BCUT2D eigenvalue weighted by Gasteiger charge is 2.22. The molecule has 13 heavy (non-hydrogen) atoms.